The number of aromatic hydroxyl groups is 1. The van der Waals surface area contributed by atoms with Crippen molar-refractivity contribution in [1.82, 2.24) is 9.47 Å². The summed E-state index contributed by atoms with van der Waals surface area (Å²) in [5.41, 5.74) is 1.77. The number of aromatic nitrogens is 1. The zero-order valence-electron chi connectivity index (χ0n) is 17.5. The minimum Gasteiger partial charge on any atom is -0.507 e. The van der Waals surface area contributed by atoms with E-state index in [0.29, 0.717) is 29.3 Å². The number of benzene rings is 1. The predicted octanol–water partition coefficient (Wildman–Crippen LogP) is 4.09. The molecule has 0 amide bonds. The summed E-state index contributed by atoms with van der Waals surface area (Å²) in [5.74, 6) is 1.43. The number of hydrogen-bond acceptors (Lipinski definition) is 5. The number of para-hydroxylation sites is 1. The number of ether oxygens (including phenoxy) is 1. The molecule has 1 atom stereocenters. The molecule has 1 aliphatic rings. The molecule has 0 radical (unpaired) electrons. The van der Waals surface area contributed by atoms with Crippen LogP contribution in [0, 0.1) is 6.92 Å². The van der Waals surface area contributed by atoms with Crippen molar-refractivity contribution in [1.29, 1.82) is 0 Å². The van der Waals surface area contributed by atoms with E-state index < -0.39 is 0 Å². The van der Waals surface area contributed by atoms with Crippen LogP contribution in [-0.2, 0) is 6.54 Å². The minimum absolute atomic E-state index is 0.0228. The number of rotatable bonds is 6. The van der Waals surface area contributed by atoms with Crippen molar-refractivity contribution in [2.45, 2.75) is 38.8 Å². The van der Waals surface area contributed by atoms with Gasteiger partial charge in [-0.15, -0.1) is 0 Å². The Hall–Kier alpha value is -2.99. The van der Waals surface area contributed by atoms with E-state index in [1.54, 1.807) is 24.0 Å². The van der Waals surface area contributed by atoms with Gasteiger partial charge in [-0.25, -0.2) is 0 Å². The molecule has 1 N–H and O–H groups in total. The molecule has 30 heavy (non-hydrogen) atoms. The Kier molecular flexibility index (Phi) is 5.95. The lowest BCUT2D eigenvalue weighted by Gasteiger charge is -2.36. The zero-order chi connectivity index (χ0) is 21.1. The maximum atomic E-state index is 13.7. The van der Waals surface area contributed by atoms with Crippen molar-refractivity contribution in [3.63, 3.8) is 0 Å². The highest BCUT2D eigenvalue weighted by Crippen LogP contribution is 2.38. The van der Waals surface area contributed by atoms with E-state index in [4.69, 9.17) is 9.15 Å². The Morgan fingerprint density at radius 1 is 1.13 bits per heavy atom. The van der Waals surface area contributed by atoms with Crippen molar-refractivity contribution in [3.05, 3.63) is 81.7 Å². The summed E-state index contributed by atoms with van der Waals surface area (Å²) in [7, 11) is 1.64. The Bertz CT molecular complexity index is 1050. The second-order valence-corrected chi connectivity index (χ2v) is 7.80. The third kappa shape index (κ3) is 3.87. The number of nitrogens with zero attached hydrogens (tertiary/aromatic N) is 2. The molecule has 0 saturated carbocycles. The van der Waals surface area contributed by atoms with E-state index in [1.165, 1.54) is 6.42 Å². The van der Waals surface area contributed by atoms with Crippen LogP contribution >= 0.6 is 0 Å². The number of methoxy groups -OCH3 is 1. The molecule has 1 saturated heterocycles. The van der Waals surface area contributed by atoms with Gasteiger partial charge in [0.15, 0.2) is 0 Å². The van der Waals surface area contributed by atoms with Crippen LogP contribution in [0.2, 0.25) is 0 Å². The predicted molar refractivity (Wildman–Crippen MR) is 115 cm³/mol. The molecule has 0 unspecified atom stereocenters. The minimum atomic E-state index is -0.377. The summed E-state index contributed by atoms with van der Waals surface area (Å²) in [5, 5.41) is 10.9. The van der Waals surface area contributed by atoms with E-state index in [1.807, 2.05) is 43.3 Å². The highest BCUT2D eigenvalue weighted by Gasteiger charge is 2.32. The van der Waals surface area contributed by atoms with E-state index in [0.717, 1.165) is 31.5 Å². The SMILES string of the molecule is COc1ccccc1[C@H](c1c(O)cc(C)n(Cc2ccco2)c1=O)N1CCCCC1. The fraction of sp³-hybridized carbons (Fsp3) is 0.375. The molecule has 6 heteroatoms. The van der Waals surface area contributed by atoms with Crippen molar-refractivity contribution in [2.75, 3.05) is 20.2 Å². The van der Waals surface area contributed by atoms with E-state index in [2.05, 4.69) is 4.90 Å². The van der Waals surface area contributed by atoms with Gasteiger partial charge in [-0.2, -0.15) is 0 Å². The molecule has 0 bridgehead atoms. The first-order chi connectivity index (χ1) is 14.6. The Balaban J connectivity index is 1.89. The maximum absolute atomic E-state index is 13.7. The molecule has 1 aromatic carbocycles. The van der Waals surface area contributed by atoms with E-state index in [9.17, 15) is 9.90 Å². The summed E-state index contributed by atoms with van der Waals surface area (Å²) in [6.07, 6.45) is 4.91. The van der Waals surface area contributed by atoms with Crippen LogP contribution in [0.1, 0.15) is 47.9 Å². The second-order valence-electron chi connectivity index (χ2n) is 7.80. The van der Waals surface area contributed by atoms with Gasteiger partial charge in [0.25, 0.3) is 5.56 Å². The average molecular weight is 408 g/mol. The maximum Gasteiger partial charge on any atom is 0.260 e. The monoisotopic (exact) mass is 408 g/mol. The summed E-state index contributed by atoms with van der Waals surface area (Å²) in [6, 6.07) is 12.7. The van der Waals surface area contributed by atoms with Crippen molar-refractivity contribution in [3.8, 4) is 11.5 Å². The Labute approximate surface area is 176 Å². The lowest BCUT2D eigenvalue weighted by atomic mass is 9.94. The third-order valence-corrected chi connectivity index (χ3v) is 5.88. The standard InChI is InChI=1S/C24H28N2O4/c1-17-15-20(27)22(24(28)26(17)16-18-9-8-14-30-18)23(25-12-6-3-7-13-25)19-10-4-5-11-21(19)29-2/h4-5,8-11,14-15,23,27H,3,6-7,12-13,16H2,1-2H3/t23-/m1/s1. The number of furan rings is 1. The molecule has 4 rings (SSSR count). The number of pyridine rings is 1. The number of likely N-dealkylation sites (tertiary alicyclic amines) is 1. The zero-order valence-corrected chi connectivity index (χ0v) is 17.5. The molecule has 3 heterocycles. The fourth-order valence-electron chi connectivity index (χ4n) is 4.38. The van der Waals surface area contributed by atoms with Crippen LogP contribution in [0.25, 0.3) is 0 Å². The van der Waals surface area contributed by atoms with Crippen LogP contribution in [0.15, 0.2) is 57.9 Å². The van der Waals surface area contributed by atoms with Crippen LogP contribution in [0.3, 0.4) is 0 Å². The topological polar surface area (TPSA) is 67.8 Å². The molecule has 158 valence electrons. The van der Waals surface area contributed by atoms with Crippen LogP contribution in [0.5, 0.6) is 11.5 Å². The molecule has 0 spiro atoms. The third-order valence-electron chi connectivity index (χ3n) is 5.88. The van der Waals surface area contributed by atoms with Gasteiger partial charge in [-0.05, 0) is 57.1 Å². The summed E-state index contributed by atoms with van der Waals surface area (Å²) in [4.78, 5) is 16.0. The molecular weight excluding hydrogens is 380 g/mol. The van der Waals surface area contributed by atoms with Gasteiger partial charge >= 0.3 is 0 Å². The molecule has 2 aromatic heterocycles. The fourth-order valence-corrected chi connectivity index (χ4v) is 4.38. The largest absolute Gasteiger partial charge is 0.507 e. The molecule has 1 fully saturated rings. The van der Waals surface area contributed by atoms with Gasteiger partial charge < -0.3 is 18.8 Å². The van der Waals surface area contributed by atoms with Gasteiger partial charge in [0.05, 0.1) is 31.5 Å². The highest BCUT2D eigenvalue weighted by molar-refractivity contribution is 5.46. The van der Waals surface area contributed by atoms with Gasteiger partial charge in [-0.3, -0.25) is 9.69 Å². The van der Waals surface area contributed by atoms with Crippen LogP contribution in [0.4, 0.5) is 0 Å². The number of piperidine rings is 1. The van der Waals surface area contributed by atoms with Gasteiger partial charge in [-0.1, -0.05) is 24.6 Å². The molecule has 6 nitrogen and oxygen atoms in total. The highest BCUT2D eigenvalue weighted by atomic mass is 16.5. The first-order valence-electron chi connectivity index (χ1n) is 10.4. The normalized spacial score (nSPS) is 15.8. The summed E-state index contributed by atoms with van der Waals surface area (Å²) in [6.45, 7) is 3.89. The number of aryl methyl sites for hydroxylation is 1. The van der Waals surface area contributed by atoms with E-state index in [-0.39, 0.29) is 17.4 Å². The van der Waals surface area contributed by atoms with Gasteiger partial charge in [0.1, 0.15) is 17.3 Å². The molecule has 0 aliphatic carbocycles. The quantitative estimate of drug-likeness (QED) is 0.665. The van der Waals surface area contributed by atoms with Crippen molar-refractivity contribution in [2.24, 2.45) is 0 Å². The smallest absolute Gasteiger partial charge is 0.260 e. The lowest BCUT2D eigenvalue weighted by Crippen LogP contribution is -2.39. The summed E-state index contributed by atoms with van der Waals surface area (Å²) < 4.78 is 12.8. The molecule has 3 aromatic rings. The van der Waals surface area contributed by atoms with Gasteiger partial charge in [0.2, 0.25) is 0 Å². The van der Waals surface area contributed by atoms with Gasteiger partial charge in [0, 0.05) is 11.3 Å². The first-order valence-corrected chi connectivity index (χ1v) is 10.4. The second kappa shape index (κ2) is 8.79. The van der Waals surface area contributed by atoms with Crippen LogP contribution < -0.4 is 10.3 Å². The average Bonchev–Trinajstić information content (AvgIpc) is 3.28. The molecular formula is C24H28N2O4. The Morgan fingerprint density at radius 3 is 2.60 bits per heavy atom. The number of hydrogen-bond donors (Lipinski definition) is 1. The van der Waals surface area contributed by atoms with Crippen LogP contribution in [-0.4, -0.2) is 34.8 Å². The van der Waals surface area contributed by atoms with Crippen molar-refractivity contribution < 1.29 is 14.3 Å². The van der Waals surface area contributed by atoms with E-state index >= 15 is 0 Å². The summed E-state index contributed by atoms with van der Waals surface area (Å²) >= 11 is 0. The molecule has 1 aliphatic heterocycles. The first kappa shape index (κ1) is 20.3. The van der Waals surface area contributed by atoms with Crippen molar-refractivity contribution >= 4 is 0 Å². The Morgan fingerprint density at radius 2 is 1.90 bits per heavy atom. The lowest BCUT2D eigenvalue weighted by molar-refractivity contribution is 0.180.